The molecule has 4 heteroatoms. The van der Waals surface area contributed by atoms with E-state index in [0.717, 1.165) is 35.0 Å². The highest BCUT2D eigenvalue weighted by molar-refractivity contribution is 9.10. The Morgan fingerprint density at radius 3 is 2.89 bits per heavy atom. The number of hydrogen-bond donors (Lipinski definition) is 1. The lowest BCUT2D eigenvalue weighted by Crippen LogP contribution is -2.45. The molecule has 2 rings (SSSR count). The number of nitrogens with two attached hydrogens (primary N) is 1. The van der Waals surface area contributed by atoms with Crippen LogP contribution in [0.4, 0.5) is 5.69 Å². The largest absolute Gasteiger partial charge is 0.324 e. The third kappa shape index (κ3) is 2.45. The monoisotopic (exact) mass is 310 g/mol. The fourth-order valence-corrected chi connectivity index (χ4v) is 3.15. The predicted molar refractivity (Wildman–Crippen MR) is 77.5 cm³/mol. The highest BCUT2D eigenvalue weighted by Crippen LogP contribution is 2.38. The Labute approximate surface area is 116 Å². The Morgan fingerprint density at radius 2 is 2.28 bits per heavy atom. The number of carbonyl (C=O) groups excluding carboxylic acids is 1. The number of nitrogens with zero attached hydrogens (tertiary/aromatic N) is 1. The van der Waals surface area contributed by atoms with Gasteiger partial charge in [-0.25, -0.2) is 0 Å². The van der Waals surface area contributed by atoms with Crippen LogP contribution < -0.4 is 10.6 Å². The molecule has 1 aliphatic rings. The van der Waals surface area contributed by atoms with Crippen molar-refractivity contribution in [3.8, 4) is 0 Å². The average molecular weight is 311 g/mol. The third-order valence-corrected chi connectivity index (χ3v) is 3.99. The van der Waals surface area contributed by atoms with Gasteiger partial charge in [0, 0.05) is 29.2 Å². The SMILES string of the molecule is CCCC1CC(N)c2cc(Br)ccc2N1C(C)=O. The van der Waals surface area contributed by atoms with Crippen LogP contribution in [0.3, 0.4) is 0 Å². The van der Waals surface area contributed by atoms with Crippen molar-refractivity contribution in [1.29, 1.82) is 0 Å². The minimum Gasteiger partial charge on any atom is -0.324 e. The van der Waals surface area contributed by atoms with Gasteiger partial charge in [-0.15, -0.1) is 0 Å². The first-order valence-corrected chi connectivity index (χ1v) is 7.18. The summed E-state index contributed by atoms with van der Waals surface area (Å²) in [5, 5.41) is 0. The lowest BCUT2D eigenvalue weighted by atomic mass is 9.89. The normalized spacial score (nSPS) is 22.8. The highest BCUT2D eigenvalue weighted by atomic mass is 79.9. The zero-order valence-electron chi connectivity index (χ0n) is 10.8. The van der Waals surface area contributed by atoms with Gasteiger partial charge >= 0.3 is 0 Å². The van der Waals surface area contributed by atoms with Crippen molar-refractivity contribution in [2.75, 3.05) is 4.90 Å². The van der Waals surface area contributed by atoms with E-state index in [0.29, 0.717) is 0 Å². The molecule has 1 heterocycles. The number of rotatable bonds is 2. The molecule has 18 heavy (non-hydrogen) atoms. The fraction of sp³-hybridized carbons (Fsp3) is 0.500. The van der Waals surface area contributed by atoms with Crippen LogP contribution in [0.1, 0.15) is 44.7 Å². The summed E-state index contributed by atoms with van der Waals surface area (Å²) in [7, 11) is 0. The topological polar surface area (TPSA) is 46.3 Å². The molecule has 0 aliphatic carbocycles. The Kier molecular flexibility index (Phi) is 4.07. The van der Waals surface area contributed by atoms with Gasteiger partial charge < -0.3 is 10.6 Å². The van der Waals surface area contributed by atoms with E-state index in [-0.39, 0.29) is 18.0 Å². The first-order valence-electron chi connectivity index (χ1n) is 6.39. The minimum atomic E-state index is 0.0182. The molecule has 2 atom stereocenters. The molecule has 1 aliphatic heterocycles. The van der Waals surface area contributed by atoms with Crippen LogP contribution >= 0.6 is 15.9 Å². The summed E-state index contributed by atoms with van der Waals surface area (Å²) in [6.07, 6.45) is 2.91. The standard InChI is InChI=1S/C14H19BrN2O/c1-3-4-11-8-13(16)12-7-10(15)5-6-14(12)17(11)9(2)18/h5-7,11,13H,3-4,8,16H2,1-2H3. The molecule has 2 unspecified atom stereocenters. The third-order valence-electron chi connectivity index (χ3n) is 3.50. The van der Waals surface area contributed by atoms with E-state index >= 15 is 0 Å². The van der Waals surface area contributed by atoms with Crippen LogP contribution in [-0.2, 0) is 4.79 Å². The number of benzene rings is 1. The highest BCUT2D eigenvalue weighted by Gasteiger charge is 2.32. The zero-order valence-corrected chi connectivity index (χ0v) is 12.4. The molecular weight excluding hydrogens is 292 g/mol. The number of anilines is 1. The van der Waals surface area contributed by atoms with Crippen LogP contribution in [0.2, 0.25) is 0 Å². The summed E-state index contributed by atoms with van der Waals surface area (Å²) in [4.78, 5) is 13.8. The summed E-state index contributed by atoms with van der Waals surface area (Å²) >= 11 is 3.46. The van der Waals surface area contributed by atoms with Crippen LogP contribution in [-0.4, -0.2) is 11.9 Å². The summed E-state index contributed by atoms with van der Waals surface area (Å²) in [5.74, 6) is 0.101. The molecule has 2 N–H and O–H groups in total. The lowest BCUT2D eigenvalue weighted by molar-refractivity contribution is -0.117. The van der Waals surface area contributed by atoms with E-state index in [4.69, 9.17) is 5.73 Å². The maximum atomic E-state index is 11.9. The second-order valence-corrected chi connectivity index (χ2v) is 5.79. The number of amides is 1. The summed E-state index contributed by atoms with van der Waals surface area (Å²) in [6, 6.07) is 6.23. The van der Waals surface area contributed by atoms with Crippen LogP contribution in [0, 0.1) is 0 Å². The van der Waals surface area contributed by atoms with Crippen LogP contribution in [0.5, 0.6) is 0 Å². The van der Waals surface area contributed by atoms with Crippen molar-refractivity contribution in [2.45, 2.75) is 45.2 Å². The lowest BCUT2D eigenvalue weighted by Gasteiger charge is -2.39. The Balaban J connectivity index is 2.46. The van der Waals surface area contributed by atoms with Gasteiger partial charge in [-0.1, -0.05) is 29.3 Å². The second-order valence-electron chi connectivity index (χ2n) is 4.88. The summed E-state index contributed by atoms with van der Waals surface area (Å²) < 4.78 is 1.01. The number of fused-ring (bicyclic) bond motifs is 1. The zero-order chi connectivity index (χ0) is 13.3. The van der Waals surface area contributed by atoms with Crippen molar-refractivity contribution >= 4 is 27.5 Å². The molecule has 0 spiro atoms. The summed E-state index contributed by atoms with van der Waals surface area (Å²) in [6.45, 7) is 3.77. The van der Waals surface area contributed by atoms with Gasteiger partial charge in [0.15, 0.2) is 0 Å². The van der Waals surface area contributed by atoms with Crippen LogP contribution in [0.15, 0.2) is 22.7 Å². The maximum absolute atomic E-state index is 11.9. The molecule has 0 aromatic heterocycles. The predicted octanol–water partition coefficient (Wildman–Crippen LogP) is 3.37. The van der Waals surface area contributed by atoms with Crippen molar-refractivity contribution in [3.63, 3.8) is 0 Å². The summed E-state index contributed by atoms with van der Waals surface area (Å²) in [5.41, 5.74) is 8.28. The van der Waals surface area contributed by atoms with Gasteiger partial charge in [0.2, 0.25) is 5.91 Å². The Morgan fingerprint density at radius 1 is 1.56 bits per heavy atom. The molecule has 98 valence electrons. The van der Waals surface area contributed by atoms with E-state index in [1.54, 1.807) is 6.92 Å². The molecule has 0 radical (unpaired) electrons. The minimum absolute atomic E-state index is 0.0182. The van der Waals surface area contributed by atoms with E-state index in [1.165, 1.54) is 0 Å². The molecule has 1 aromatic carbocycles. The molecule has 1 amide bonds. The quantitative estimate of drug-likeness (QED) is 0.910. The first kappa shape index (κ1) is 13.6. The van der Waals surface area contributed by atoms with E-state index < -0.39 is 0 Å². The first-order chi connectivity index (χ1) is 8.54. The molecule has 0 saturated heterocycles. The maximum Gasteiger partial charge on any atom is 0.224 e. The Bertz CT molecular complexity index is 461. The van der Waals surface area contributed by atoms with E-state index in [1.807, 2.05) is 23.1 Å². The van der Waals surface area contributed by atoms with Gasteiger partial charge in [-0.05, 0) is 36.6 Å². The fourth-order valence-electron chi connectivity index (χ4n) is 2.77. The average Bonchev–Trinajstić information content (AvgIpc) is 2.30. The molecule has 0 saturated carbocycles. The van der Waals surface area contributed by atoms with Crippen LogP contribution in [0.25, 0.3) is 0 Å². The molecule has 3 nitrogen and oxygen atoms in total. The number of carbonyl (C=O) groups is 1. The van der Waals surface area contributed by atoms with Crippen molar-refractivity contribution in [2.24, 2.45) is 5.73 Å². The molecule has 0 bridgehead atoms. The Hall–Kier alpha value is -0.870. The smallest absolute Gasteiger partial charge is 0.224 e. The number of halogens is 1. The van der Waals surface area contributed by atoms with Crippen molar-refractivity contribution in [1.82, 2.24) is 0 Å². The van der Waals surface area contributed by atoms with Crippen molar-refractivity contribution < 1.29 is 4.79 Å². The molecule has 0 fully saturated rings. The van der Waals surface area contributed by atoms with Gasteiger partial charge in [0.05, 0.1) is 0 Å². The second kappa shape index (κ2) is 5.41. The van der Waals surface area contributed by atoms with Gasteiger partial charge in [-0.2, -0.15) is 0 Å². The van der Waals surface area contributed by atoms with Gasteiger partial charge in [-0.3, -0.25) is 4.79 Å². The molecule has 1 aromatic rings. The van der Waals surface area contributed by atoms with Gasteiger partial charge in [0.25, 0.3) is 0 Å². The number of hydrogen-bond acceptors (Lipinski definition) is 2. The van der Waals surface area contributed by atoms with Gasteiger partial charge in [0.1, 0.15) is 0 Å². The van der Waals surface area contributed by atoms with Crippen molar-refractivity contribution in [3.05, 3.63) is 28.2 Å². The molecular formula is C14H19BrN2O. The van der Waals surface area contributed by atoms with E-state index in [2.05, 4.69) is 22.9 Å². The van der Waals surface area contributed by atoms with E-state index in [9.17, 15) is 4.79 Å².